The maximum Gasteiger partial charge on any atom is 0.360 e. The van der Waals surface area contributed by atoms with Crippen molar-refractivity contribution < 1.29 is 70.6 Å². The summed E-state index contributed by atoms with van der Waals surface area (Å²) in [6.07, 6.45) is 7.60. The van der Waals surface area contributed by atoms with E-state index in [-0.39, 0.29) is 92.4 Å². The molecule has 5 aromatic rings. The molecule has 464 valence electrons. The number of carbonyl (C=O) groups excluding carboxylic acids is 3. The first-order chi connectivity index (χ1) is 40.5. The van der Waals surface area contributed by atoms with E-state index in [1.807, 2.05) is 4.90 Å². The Balaban J connectivity index is 0.000000224. The van der Waals surface area contributed by atoms with Gasteiger partial charge in [-0.3, -0.25) is 34.2 Å². The van der Waals surface area contributed by atoms with Crippen molar-refractivity contribution in [3.63, 3.8) is 0 Å². The highest BCUT2D eigenvalue weighted by Crippen LogP contribution is 2.36. The van der Waals surface area contributed by atoms with Crippen molar-refractivity contribution in [3.8, 4) is 0 Å². The number of esters is 1. The van der Waals surface area contributed by atoms with E-state index in [9.17, 15) is 49.5 Å². The van der Waals surface area contributed by atoms with Crippen molar-refractivity contribution in [1.29, 1.82) is 0 Å². The van der Waals surface area contributed by atoms with Gasteiger partial charge in [0.1, 0.15) is 11.4 Å². The summed E-state index contributed by atoms with van der Waals surface area (Å²) < 4.78 is 81.2. The fraction of sp³-hybridized carbons (Fsp3) is 0.429. The molecule has 10 rings (SSSR count). The summed E-state index contributed by atoms with van der Waals surface area (Å²) in [4.78, 5) is 67.8. The number of aliphatic carboxylic acids is 1. The van der Waals surface area contributed by atoms with Gasteiger partial charge in [-0.05, 0) is 94.0 Å². The van der Waals surface area contributed by atoms with Crippen LogP contribution in [0.4, 0.5) is 0 Å². The lowest BCUT2D eigenvalue weighted by Crippen LogP contribution is -2.54. The summed E-state index contributed by atoms with van der Waals surface area (Å²) in [6.45, 7) is 7.44. The first kappa shape index (κ1) is 65.7. The quantitative estimate of drug-likeness (QED) is 0.0418. The number of ether oxygens (including phenoxy) is 1. The summed E-state index contributed by atoms with van der Waals surface area (Å²) >= 11 is 1.50. The van der Waals surface area contributed by atoms with E-state index < -0.39 is 47.4 Å². The third-order valence-corrected chi connectivity index (χ3v) is 21.9. The second-order valence-corrected chi connectivity index (χ2v) is 28.6. The number of amides is 2. The molecule has 2 aromatic heterocycles. The molecule has 30 heteroatoms. The number of nitrogens with zero attached hydrogens (tertiary/aromatic N) is 10. The second kappa shape index (κ2) is 28.6. The third kappa shape index (κ3) is 17.0. The molecular formula is C56H70N11O15S4-. The lowest BCUT2D eigenvalue weighted by atomic mass is 10.1. The summed E-state index contributed by atoms with van der Waals surface area (Å²) in [5, 5.41) is 39.7. The van der Waals surface area contributed by atoms with Crippen LogP contribution in [0, 0.1) is 0 Å². The Morgan fingerprint density at radius 2 is 1.10 bits per heavy atom. The zero-order valence-electron chi connectivity index (χ0n) is 48.1. The molecule has 1 saturated heterocycles. The van der Waals surface area contributed by atoms with Crippen molar-refractivity contribution in [2.75, 3.05) is 39.8 Å². The number of aliphatic imine (C=N–C) groups is 1. The van der Waals surface area contributed by atoms with Gasteiger partial charge in [-0.1, -0.05) is 71.1 Å². The zero-order valence-corrected chi connectivity index (χ0v) is 50.4. The van der Waals surface area contributed by atoms with Gasteiger partial charge in [0, 0.05) is 87.6 Å². The fourth-order valence-electron chi connectivity index (χ4n) is 8.97. The Hall–Kier alpha value is -7.80. The molecule has 86 heavy (non-hydrogen) atoms. The van der Waals surface area contributed by atoms with Crippen LogP contribution in [0.1, 0.15) is 89.3 Å². The van der Waals surface area contributed by atoms with Gasteiger partial charge in [-0.25, -0.2) is 34.8 Å². The van der Waals surface area contributed by atoms with Gasteiger partial charge in [0.25, 0.3) is 5.91 Å². The van der Waals surface area contributed by atoms with Gasteiger partial charge >= 0.3 is 11.9 Å². The van der Waals surface area contributed by atoms with Crippen LogP contribution in [0.25, 0.3) is 0 Å². The highest BCUT2D eigenvalue weighted by Gasteiger charge is 2.39. The number of thioether (sulfide) groups is 1. The number of carbonyl (C=O) groups is 4. The number of amidine groups is 1. The number of sulfone groups is 3. The van der Waals surface area contributed by atoms with Gasteiger partial charge in [-0.2, -0.15) is 10.2 Å². The second-order valence-electron chi connectivity index (χ2n) is 20.6. The van der Waals surface area contributed by atoms with Crippen molar-refractivity contribution >= 4 is 87.3 Å². The number of aromatic nitrogens is 4. The van der Waals surface area contributed by atoms with Crippen molar-refractivity contribution in [3.05, 3.63) is 125 Å². The highest BCUT2D eigenvalue weighted by atomic mass is 32.2. The number of aryl methyl sites for hydroxylation is 2. The van der Waals surface area contributed by atoms with Crippen LogP contribution in [0.15, 0.2) is 132 Å². The summed E-state index contributed by atoms with van der Waals surface area (Å²) in [5.74, 6) is -2.46. The Labute approximate surface area is 504 Å². The Kier molecular flexibility index (Phi) is 21.9. The number of rotatable bonds is 20. The van der Waals surface area contributed by atoms with Crippen LogP contribution in [0.2, 0.25) is 0 Å². The molecule has 0 spiro atoms. The lowest BCUT2D eigenvalue weighted by molar-refractivity contribution is -0.133. The van der Waals surface area contributed by atoms with Crippen molar-refractivity contribution in [2.24, 2.45) is 34.6 Å². The third-order valence-electron chi connectivity index (χ3n) is 13.9. The Morgan fingerprint density at radius 3 is 1.48 bits per heavy atom. The molecule has 2 aliphatic heterocycles. The average molecular weight is 1270 g/mol. The van der Waals surface area contributed by atoms with Crippen LogP contribution < -0.4 is 5.32 Å². The minimum Gasteiger partial charge on any atom is -1.00 e. The summed E-state index contributed by atoms with van der Waals surface area (Å²) in [7, 11) is -5.21. The molecule has 4 heterocycles. The van der Waals surface area contributed by atoms with E-state index in [1.165, 1.54) is 79.5 Å². The van der Waals surface area contributed by atoms with Gasteiger partial charge < -0.3 is 31.1 Å². The van der Waals surface area contributed by atoms with Crippen LogP contribution in [-0.2, 0) is 90.4 Å². The summed E-state index contributed by atoms with van der Waals surface area (Å²) in [6, 6.07) is 21.1. The van der Waals surface area contributed by atoms with E-state index in [0.717, 1.165) is 19.6 Å². The van der Waals surface area contributed by atoms with Gasteiger partial charge in [0.15, 0.2) is 65.0 Å². The molecule has 3 aliphatic carbocycles. The Morgan fingerprint density at radius 1 is 0.674 bits per heavy atom. The maximum absolute atomic E-state index is 13.4. The lowest BCUT2D eigenvalue weighted by Gasteiger charge is -2.40. The standard InChI is InChI=1S/C27H35N7O5S2.C16H17N3O5S.C12H13NO5S.CH4.H/c1-18-15-33(12-13-34(18)19(2)35)16-22-14-28-27(40-22)29-26(36)25(31-39-17-21-10-11-32(3)30-21)20-4-6-23(7-5-20)41(37,38)24-8-9-24;1-19-9-8-12(17-19)10-24-18-15(16(20)21)11-2-4-13(5-3-11)25(22,23)14-6-7-14;1-18-12(14)11(13-15)8-2-4-9(5-3-8)19(16,17)10-6-7-10;;/h4-7,10-11,18,22,24H,8-9,12-17H2,1-3H3,(H,28,29,36);2-5,8-9,14H,6-7,10H2,1H3,(H,20,21);2-5,10,15H,6-7H2,1H3;1H4;/q;;;;-1/b31-25+;18-15+;13-11+;;/t18-,22?;;;;/m0..../s1/i;;;;1+1. The predicted octanol–water partition coefficient (Wildman–Crippen LogP) is 4.50. The number of benzene rings is 3. The number of hydrogen-bond donors (Lipinski definition) is 3. The van der Waals surface area contributed by atoms with E-state index in [2.05, 4.69) is 52.5 Å². The minimum atomic E-state index is -3.36. The molecule has 26 nitrogen and oxygen atoms in total. The predicted molar refractivity (Wildman–Crippen MR) is 320 cm³/mol. The number of carboxylic acids is 1. The number of oxime groups is 3. The van der Waals surface area contributed by atoms with Crippen molar-refractivity contribution in [2.45, 2.75) is 115 Å². The zero-order chi connectivity index (χ0) is 61.2. The van der Waals surface area contributed by atoms with E-state index >= 15 is 0 Å². The SMILES string of the molecule is C.CC(=O)N1CCN(CC2CN=C(NC(=O)/C(=N/OCc3ccn(C)n3)c3ccc(S(=O)(=O)C4CC4)cc3)S2)C[C@@H]1C.COC(=O)/C(=N/O)c1ccc(S(=O)(=O)C2CC2)cc1.Cn1ccc(CO/N=C(/C(=O)O)c2ccc(S(=O)(=O)C3CC3)cc2)n1.[2H-]. The van der Waals surface area contributed by atoms with Crippen LogP contribution in [0.5, 0.6) is 0 Å². The normalized spacial score (nSPS) is 18.5. The number of methoxy groups -OCH3 is 1. The number of piperazine rings is 1. The topological polar surface area (TPSA) is 342 Å². The molecule has 1 unspecified atom stereocenters. The number of nitrogens with one attached hydrogen (secondary N) is 1. The van der Waals surface area contributed by atoms with E-state index in [1.54, 1.807) is 67.0 Å². The van der Waals surface area contributed by atoms with E-state index in [4.69, 9.17) is 14.9 Å². The fourth-order valence-corrected chi connectivity index (χ4v) is 15.0. The van der Waals surface area contributed by atoms with E-state index in [0.29, 0.717) is 79.3 Å². The van der Waals surface area contributed by atoms with Crippen LogP contribution in [0.3, 0.4) is 0 Å². The molecule has 0 radical (unpaired) electrons. The van der Waals surface area contributed by atoms with Crippen molar-refractivity contribution in [1.82, 2.24) is 34.7 Å². The molecule has 5 aliphatic rings. The molecule has 3 N–H and O–H groups in total. The van der Waals surface area contributed by atoms with Gasteiger partial charge in [-0.15, -0.1) is 0 Å². The number of hydrogen-bond acceptors (Lipinski definition) is 22. The monoisotopic (exact) mass is 1270 g/mol. The highest BCUT2D eigenvalue weighted by molar-refractivity contribution is 8.14. The van der Waals surface area contributed by atoms with Gasteiger partial charge in [0.2, 0.25) is 5.91 Å². The molecule has 3 aromatic carbocycles. The van der Waals surface area contributed by atoms with Crippen LogP contribution >= 0.6 is 11.8 Å². The minimum absolute atomic E-state index is 0. The molecule has 3 saturated carbocycles. The summed E-state index contributed by atoms with van der Waals surface area (Å²) in [5.41, 5.74) is 1.70. The largest absolute Gasteiger partial charge is 1.00 e. The maximum atomic E-state index is 13.4. The molecular weight excluding hydrogens is 1190 g/mol. The molecule has 2 atom stereocenters. The average Bonchev–Trinajstić information content (AvgIpc) is 2.55. The van der Waals surface area contributed by atoms with Gasteiger partial charge in [0.05, 0.1) is 44.1 Å². The number of carboxylic acid groups (broad SMARTS) is 1. The first-order valence-electron chi connectivity index (χ1n) is 26.9. The first-order valence-corrected chi connectivity index (χ1v) is 32.5. The Bertz CT molecular complexity index is 3730. The molecule has 0 bridgehead atoms. The molecule has 2 amide bonds. The smallest absolute Gasteiger partial charge is 0.360 e. The van der Waals surface area contributed by atoms with Crippen LogP contribution in [-0.4, -0.2) is 178 Å². The molecule has 4 fully saturated rings.